The molecule has 0 spiro atoms. The number of anilines is 2. The highest BCUT2D eigenvalue weighted by molar-refractivity contribution is 7.92. The van der Waals surface area contributed by atoms with E-state index in [1.807, 2.05) is 0 Å². The highest BCUT2D eigenvalue weighted by atomic mass is 32.2. The Bertz CT molecular complexity index is 3020. The molecule has 3 aromatic carbocycles. The summed E-state index contributed by atoms with van der Waals surface area (Å²) in [6.07, 6.45) is 5.26. The molecule has 0 saturated carbocycles. The number of piperidine rings is 1. The van der Waals surface area contributed by atoms with Crippen LogP contribution in [0.1, 0.15) is 46.2 Å². The van der Waals surface area contributed by atoms with Crippen LogP contribution in [0, 0.1) is 0 Å². The monoisotopic (exact) mass is 951 g/mol. The lowest BCUT2D eigenvalue weighted by Crippen LogP contribution is -2.54. The Labute approximate surface area is 389 Å². The minimum absolute atomic E-state index is 0.0476. The molecule has 1 unspecified atom stereocenters. The Balaban J connectivity index is 0.735. The van der Waals surface area contributed by atoms with Crippen molar-refractivity contribution >= 4 is 55.9 Å². The number of aromatic amines is 1. The predicted octanol–water partition coefficient (Wildman–Crippen LogP) is 3.82. The molecule has 5 heterocycles. The van der Waals surface area contributed by atoms with Crippen LogP contribution in [0.15, 0.2) is 90.1 Å². The second kappa shape index (κ2) is 21.1. The minimum Gasteiger partial charge on any atom is -0.487 e. The van der Waals surface area contributed by atoms with Crippen LogP contribution in [-0.4, -0.2) is 119 Å². The smallest absolute Gasteiger partial charge is 0.274 e. The first-order chi connectivity index (χ1) is 32.9. The number of carbonyl (C=O) groups is 4. The molecule has 6 aromatic rings. The van der Waals surface area contributed by atoms with Crippen LogP contribution < -0.4 is 30.4 Å². The Hall–Kier alpha value is -7.40. The van der Waals surface area contributed by atoms with Gasteiger partial charge in [0.05, 0.1) is 69.3 Å². The molecule has 2 aliphatic rings. The van der Waals surface area contributed by atoms with E-state index in [0.717, 1.165) is 4.90 Å². The molecule has 21 nitrogen and oxygen atoms in total. The maximum atomic E-state index is 13.3. The van der Waals surface area contributed by atoms with Crippen molar-refractivity contribution < 1.29 is 51.3 Å². The van der Waals surface area contributed by atoms with E-state index in [1.165, 1.54) is 4.57 Å². The van der Waals surface area contributed by atoms with Crippen LogP contribution >= 0.6 is 0 Å². The number of H-pyrrole nitrogens is 1. The number of aromatic nitrogens is 5. The second-order valence-corrected chi connectivity index (χ2v) is 17.7. The van der Waals surface area contributed by atoms with Crippen molar-refractivity contribution in [3.8, 4) is 28.4 Å². The van der Waals surface area contributed by atoms with Gasteiger partial charge in [0, 0.05) is 66.4 Å². The molecule has 4 N–H and O–H groups in total. The van der Waals surface area contributed by atoms with Crippen molar-refractivity contribution in [2.24, 2.45) is 7.05 Å². The summed E-state index contributed by atoms with van der Waals surface area (Å²) in [4.78, 5) is 67.0. The van der Waals surface area contributed by atoms with E-state index in [9.17, 15) is 32.4 Å². The average Bonchev–Trinajstić information content (AvgIpc) is 4.07. The van der Waals surface area contributed by atoms with Crippen molar-refractivity contribution in [2.45, 2.75) is 39.0 Å². The number of hydrogen-bond acceptors (Lipinski definition) is 15. The number of sulfonamides is 1. The summed E-state index contributed by atoms with van der Waals surface area (Å²) in [5.74, 6) is -0.941. The van der Waals surface area contributed by atoms with Crippen molar-refractivity contribution in [3.63, 3.8) is 0 Å². The molecule has 22 heteroatoms. The Morgan fingerprint density at radius 2 is 1.59 bits per heavy atom. The largest absolute Gasteiger partial charge is 0.487 e. The maximum absolute atomic E-state index is 13.3. The van der Waals surface area contributed by atoms with Gasteiger partial charge >= 0.3 is 0 Å². The van der Waals surface area contributed by atoms with Gasteiger partial charge in [-0.1, -0.05) is 17.3 Å². The molecular weight excluding hydrogens is 903 g/mol. The standard InChI is InChI=1S/C46H49N9O12S/c1-3-68(61,62)51-29-10-12-39(35(24-29)36-27-53(2)46(60)42-33(36)14-15-48-42)67-32-7-4-6-31(25-32)66-28-30-26-54(52-50-30)17-19-64-21-23-65-22-20-63-18-16-47-37-9-5-8-34-41(37)45(59)55(44(34)58)38-11-13-40(56)49-43(38)57/h4-10,12,14-15,24-27,38,47-48,51H,3,11,13,16-23,28H2,1-2H3,(H,49,56,57). The minimum atomic E-state index is -3.57. The summed E-state index contributed by atoms with van der Waals surface area (Å²) in [5, 5.41) is 14.4. The van der Waals surface area contributed by atoms with Gasteiger partial charge in [-0.2, -0.15) is 0 Å². The van der Waals surface area contributed by atoms with E-state index in [2.05, 4.69) is 30.7 Å². The van der Waals surface area contributed by atoms with Crippen LogP contribution in [0.2, 0.25) is 0 Å². The quantitative estimate of drug-likeness (QED) is 0.0526. The van der Waals surface area contributed by atoms with Gasteiger partial charge < -0.3 is 38.6 Å². The third-order valence-corrected chi connectivity index (χ3v) is 12.4. The number of nitrogens with zero attached hydrogens (tertiary/aromatic N) is 5. The van der Waals surface area contributed by atoms with Gasteiger partial charge in [-0.25, -0.2) is 13.1 Å². The van der Waals surface area contributed by atoms with E-state index in [0.29, 0.717) is 109 Å². The summed E-state index contributed by atoms with van der Waals surface area (Å²) in [6, 6.07) is 17.7. The highest BCUT2D eigenvalue weighted by Crippen LogP contribution is 2.39. The Morgan fingerprint density at radius 3 is 2.38 bits per heavy atom. The van der Waals surface area contributed by atoms with Crippen molar-refractivity contribution in [1.82, 2.24) is 34.8 Å². The number of fused-ring (bicyclic) bond motifs is 2. The molecule has 68 heavy (non-hydrogen) atoms. The van der Waals surface area contributed by atoms with Crippen LogP contribution in [0.3, 0.4) is 0 Å². The van der Waals surface area contributed by atoms with Gasteiger partial charge in [0.15, 0.2) is 0 Å². The normalized spacial score (nSPS) is 14.9. The molecule has 4 amide bonds. The number of pyridine rings is 1. The maximum Gasteiger partial charge on any atom is 0.274 e. The third kappa shape index (κ3) is 10.9. The van der Waals surface area contributed by atoms with Gasteiger partial charge in [0.25, 0.3) is 17.4 Å². The van der Waals surface area contributed by atoms with Gasteiger partial charge in [-0.15, -0.1) is 5.10 Å². The highest BCUT2D eigenvalue weighted by Gasteiger charge is 2.45. The number of nitrogens with one attached hydrogen (secondary N) is 4. The van der Waals surface area contributed by atoms with Crippen LogP contribution in [-0.2, 0) is 54.0 Å². The van der Waals surface area contributed by atoms with E-state index >= 15 is 0 Å². The number of carbonyl (C=O) groups excluding carboxylic acids is 4. The number of hydrogen-bond donors (Lipinski definition) is 4. The predicted molar refractivity (Wildman–Crippen MR) is 247 cm³/mol. The summed E-state index contributed by atoms with van der Waals surface area (Å²) in [6.45, 7) is 4.56. The van der Waals surface area contributed by atoms with Gasteiger partial charge in [-0.3, -0.25) is 38.9 Å². The fourth-order valence-electron chi connectivity index (χ4n) is 7.67. The molecule has 8 rings (SSSR count). The van der Waals surface area contributed by atoms with Crippen LogP contribution in [0.5, 0.6) is 17.2 Å². The van der Waals surface area contributed by atoms with Gasteiger partial charge in [-0.05, 0) is 61.9 Å². The summed E-state index contributed by atoms with van der Waals surface area (Å²) in [5.41, 5.74) is 3.21. The van der Waals surface area contributed by atoms with Gasteiger partial charge in [0.2, 0.25) is 21.8 Å². The molecule has 1 fully saturated rings. The molecule has 1 saturated heterocycles. The number of imide groups is 2. The molecule has 3 aromatic heterocycles. The summed E-state index contributed by atoms with van der Waals surface area (Å²) >= 11 is 0. The fraction of sp³-hybridized carbons (Fsp3) is 0.326. The zero-order valence-corrected chi connectivity index (χ0v) is 38.0. The molecule has 2 aliphatic heterocycles. The van der Waals surface area contributed by atoms with Crippen molar-refractivity contribution in [1.29, 1.82) is 0 Å². The number of benzene rings is 3. The number of amides is 4. The Morgan fingerprint density at radius 1 is 0.824 bits per heavy atom. The first kappa shape index (κ1) is 47.1. The topological polar surface area (TPSA) is 256 Å². The molecule has 0 aliphatic carbocycles. The van der Waals surface area contributed by atoms with Gasteiger partial charge in [0.1, 0.15) is 41.1 Å². The molecule has 0 radical (unpaired) electrons. The summed E-state index contributed by atoms with van der Waals surface area (Å²) < 4.78 is 59.9. The van der Waals surface area contributed by atoms with Crippen molar-refractivity contribution in [3.05, 3.63) is 112 Å². The third-order valence-electron chi connectivity index (χ3n) is 11.1. The number of ether oxygens (including phenoxy) is 5. The molecular formula is C46H49N9O12S. The zero-order chi connectivity index (χ0) is 47.8. The molecule has 1 atom stereocenters. The first-order valence-electron chi connectivity index (χ1n) is 21.8. The molecule has 356 valence electrons. The Kier molecular flexibility index (Phi) is 14.6. The summed E-state index contributed by atoms with van der Waals surface area (Å²) in [7, 11) is -1.92. The van der Waals surface area contributed by atoms with E-state index < -0.39 is 39.7 Å². The van der Waals surface area contributed by atoms with E-state index in [-0.39, 0.29) is 41.9 Å². The lowest BCUT2D eigenvalue weighted by Gasteiger charge is -2.27. The fourth-order valence-corrected chi connectivity index (χ4v) is 8.30. The second-order valence-electron chi connectivity index (χ2n) is 15.7. The zero-order valence-electron chi connectivity index (χ0n) is 37.2. The average molecular weight is 952 g/mol. The lowest BCUT2D eigenvalue weighted by atomic mass is 10.0. The van der Waals surface area contributed by atoms with E-state index in [4.69, 9.17) is 23.7 Å². The van der Waals surface area contributed by atoms with E-state index in [1.54, 1.807) is 104 Å². The number of aryl methyl sites for hydroxylation is 1. The van der Waals surface area contributed by atoms with Crippen LogP contribution in [0.25, 0.3) is 22.0 Å². The van der Waals surface area contributed by atoms with Crippen LogP contribution in [0.4, 0.5) is 11.4 Å². The SMILES string of the molecule is CCS(=O)(=O)Nc1ccc(Oc2cccc(OCc3cn(CCOCCOCCOCCNc4cccc5c4C(=O)N(C4CCC(=O)NC4=O)C5=O)nn3)c2)c(-c2cn(C)c(=O)c3[nH]ccc23)c1. The number of rotatable bonds is 23. The first-order valence-corrected chi connectivity index (χ1v) is 23.5. The lowest BCUT2D eigenvalue weighted by molar-refractivity contribution is -0.136. The molecule has 0 bridgehead atoms. The van der Waals surface area contributed by atoms with Crippen molar-refractivity contribution in [2.75, 3.05) is 62.0 Å².